The van der Waals surface area contributed by atoms with E-state index in [0.29, 0.717) is 6.54 Å². The fourth-order valence-corrected chi connectivity index (χ4v) is 6.38. The summed E-state index contributed by atoms with van der Waals surface area (Å²) in [6.07, 6.45) is 0.881. The van der Waals surface area contributed by atoms with Gasteiger partial charge in [-0.2, -0.15) is 18.2 Å². The molecule has 206 valence electrons. The molecule has 2 aromatic heterocycles. The van der Waals surface area contributed by atoms with Crippen LogP contribution in [0.3, 0.4) is 0 Å². The van der Waals surface area contributed by atoms with Gasteiger partial charge in [0.15, 0.2) is 0 Å². The van der Waals surface area contributed by atoms with Crippen LogP contribution in [0.15, 0.2) is 10.2 Å². The Morgan fingerprint density at radius 2 is 1.79 bits per heavy atom. The highest BCUT2D eigenvalue weighted by molar-refractivity contribution is 7.09. The SMILES string of the molecule is Cc1nc(CN2CCC3(CC2)CCn2c3nc(=O)c3c2CCN(C(=O)C2CC2)C3)cs1.O=C(O)C(F)(F)F. The molecule has 6 rings (SSSR count). The van der Waals surface area contributed by atoms with Crippen LogP contribution in [0.4, 0.5) is 13.2 Å². The first-order chi connectivity index (χ1) is 18.0. The van der Waals surface area contributed by atoms with Crippen LogP contribution in [-0.4, -0.2) is 67.1 Å². The average Bonchev–Trinajstić information content (AvgIpc) is 3.56. The van der Waals surface area contributed by atoms with Crippen LogP contribution in [0.1, 0.15) is 59.9 Å². The summed E-state index contributed by atoms with van der Waals surface area (Å²) >= 11 is 1.71. The highest BCUT2D eigenvalue weighted by atomic mass is 32.1. The second-order valence-corrected chi connectivity index (χ2v) is 11.6. The normalized spacial score (nSPS) is 20.5. The van der Waals surface area contributed by atoms with Gasteiger partial charge in [0.25, 0.3) is 5.56 Å². The summed E-state index contributed by atoms with van der Waals surface area (Å²) < 4.78 is 34.1. The van der Waals surface area contributed by atoms with E-state index in [1.165, 1.54) is 5.69 Å². The summed E-state index contributed by atoms with van der Waals surface area (Å²) in [6.45, 7) is 7.15. The van der Waals surface area contributed by atoms with Gasteiger partial charge in [0.2, 0.25) is 5.91 Å². The lowest BCUT2D eigenvalue weighted by Gasteiger charge is -2.38. The molecule has 4 aliphatic rings. The molecule has 0 radical (unpaired) electrons. The number of halogens is 3. The molecule has 1 amide bonds. The van der Waals surface area contributed by atoms with E-state index in [2.05, 4.69) is 31.7 Å². The predicted molar refractivity (Wildman–Crippen MR) is 132 cm³/mol. The molecule has 9 nitrogen and oxygen atoms in total. The van der Waals surface area contributed by atoms with Crippen LogP contribution in [0.25, 0.3) is 0 Å². The lowest BCUT2D eigenvalue weighted by molar-refractivity contribution is -0.192. The van der Waals surface area contributed by atoms with Gasteiger partial charge in [0.05, 0.1) is 22.8 Å². The fourth-order valence-electron chi connectivity index (χ4n) is 5.78. The highest BCUT2D eigenvalue weighted by Gasteiger charge is 2.45. The van der Waals surface area contributed by atoms with Gasteiger partial charge in [-0.15, -0.1) is 11.3 Å². The summed E-state index contributed by atoms with van der Waals surface area (Å²) in [5.41, 5.74) is 3.00. The van der Waals surface area contributed by atoms with Crippen LogP contribution < -0.4 is 5.56 Å². The Morgan fingerprint density at radius 1 is 1.13 bits per heavy atom. The Kier molecular flexibility index (Phi) is 7.10. The first kappa shape index (κ1) is 26.8. The fraction of sp³-hybridized carbons (Fsp3) is 0.640. The van der Waals surface area contributed by atoms with E-state index >= 15 is 0 Å². The lowest BCUT2D eigenvalue weighted by Crippen LogP contribution is -2.44. The molecule has 1 aliphatic carbocycles. The van der Waals surface area contributed by atoms with Gasteiger partial charge in [-0.1, -0.05) is 0 Å². The minimum absolute atomic E-state index is 0.0314. The van der Waals surface area contributed by atoms with Crippen LogP contribution in [0, 0.1) is 12.8 Å². The maximum absolute atomic E-state index is 13.0. The number of thiazole rings is 1. The smallest absolute Gasteiger partial charge is 0.475 e. The van der Waals surface area contributed by atoms with Gasteiger partial charge < -0.3 is 14.6 Å². The van der Waals surface area contributed by atoms with E-state index in [1.807, 2.05) is 4.90 Å². The first-order valence-corrected chi connectivity index (χ1v) is 13.7. The number of aromatic nitrogens is 3. The standard InChI is InChI=1S/C23H29N5O2S.C2HF3O2/c1-15-24-17(14-31-15)12-26-9-5-23(6-10-26)7-11-28-19-4-8-27(21(30)16-2-3-16)13-18(19)20(29)25-22(23)28;3-2(4,5)1(6)7/h14,16H,2-13H2,1H3;(H,6,7). The maximum atomic E-state index is 13.0. The van der Waals surface area contributed by atoms with Crippen molar-refractivity contribution in [3.8, 4) is 0 Å². The second-order valence-electron chi connectivity index (χ2n) is 10.6. The third-order valence-electron chi connectivity index (χ3n) is 8.00. The molecule has 0 atom stereocenters. The molecule has 0 bridgehead atoms. The molecule has 1 N–H and O–H groups in total. The Balaban J connectivity index is 0.000000374. The van der Waals surface area contributed by atoms with E-state index in [4.69, 9.17) is 9.90 Å². The Labute approximate surface area is 221 Å². The molecule has 0 aromatic carbocycles. The summed E-state index contributed by atoms with van der Waals surface area (Å²) in [5, 5.41) is 10.4. The van der Waals surface area contributed by atoms with Gasteiger partial charge in [-0.25, -0.2) is 9.78 Å². The number of carbonyl (C=O) groups excluding carboxylic acids is 1. The topological polar surface area (TPSA) is 109 Å². The minimum Gasteiger partial charge on any atom is -0.475 e. The van der Waals surface area contributed by atoms with Crippen molar-refractivity contribution >= 4 is 23.2 Å². The first-order valence-electron chi connectivity index (χ1n) is 12.8. The molecular weight excluding hydrogens is 523 g/mol. The van der Waals surface area contributed by atoms with E-state index in [1.54, 1.807) is 11.3 Å². The highest BCUT2D eigenvalue weighted by Crippen LogP contribution is 2.43. The zero-order chi connectivity index (χ0) is 27.2. The van der Waals surface area contributed by atoms with Crippen molar-refractivity contribution in [3.05, 3.63) is 43.5 Å². The quantitative estimate of drug-likeness (QED) is 0.623. The number of aryl methyl sites for hydroxylation is 1. The van der Waals surface area contributed by atoms with Gasteiger partial charge in [-0.3, -0.25) is 14.5 Å². The van der Waals surface area contributed by atoms with Crippen molar-refractivity contribution in [1.82, 2.24) is 24.3 Å². The molecule has 2 fully saturated rings. The number of rotatable bonds is 3. The third kappa shape index (κ3) is 5.35. The van der Waals surface area contributed by atoms with Gasteiger partial charge in [0, 0.05) is 48.5 Å². The number of amides is 1. The van der Waals surface area contributed by atoms with E-state index in [9.17, 15) is 22.8 Å². The third-order valence-corrected chi connectivity index (χ3v) is 8.82. The van der Waals surface area contributed by atoms with Crippen LogP contribution >= 0.6 is 11.3 Å². The molecule has 1 spiro atoms. The minimum atomic E-state index is -5.08. The Morgan fingerprint density at radius 3 is 2.37 bits per heavy atom. The van der Waals surface area contributed by atoms with E-state index in [0.717, 1.165) is 93.3 Å². The average molecular weight is 554 g/mol. The van der Waals surface area contributed by atoms with Crippen molar-refractivity contribution in [2.45, 2.75) is 76.7 Å². The zero-order valence-corrected chi connectivity index (χ0v) is 21.9. The number of piperidine rings is 1. The van der Waals surface area contributed by atoms with E-state index in [-0.39, 0.29) is 22.8 Å². The summed E-state index contributed by atoms with van der Waals surface area (Å²) in [4.78, 5) is 48.1. The number of hydrogen-bond donors (Lipinski definition) is 1. The maximum Gasteiger partial charge on any atom is 0.490 e. The summed E-state index contributed by atoms with van der Waals surface area (Å²) in [6, 6.07) is 0. The van der Waals surface area contributed by atoms with Crippen LogP contribution in [-0.2, 0) is 41.1 Å². The van der Waals surface area contributed by atoms with Crippen molar-refractivity contribution < 1.29 is 27.9 Å². The monoisotopic (exact) mass is 553 g/mol. The molecule has 1 saturated heterocycles. The van der Waals surface area contributed by atoms with E-state index < -0.39 is 12.1 Å². The Bertz CT molecular complexity index is 1290. The van der Waals surface area contributed by atoms with Crippen LogP contribution in [0.2, 0.25) is 0 Å². The summed E-state index contributed by atoms with van der Waals surface area (Å²) in [7, 11) is 0. The molecule has 38 heavy (non-hydrogen) atoms. The number of nitrogens with zero attached hydrogens (tertiary/aromatic N) is 5. The molecule has 5 heterocycles. The van der Waals surface area contributed by atoms with Crippen molar-refractivity contribution in [3.63, 3.8) is 0 Å². The van der Waals surface area contributed by atoms with Gasteiger partial charge in [0.1, 0.15) is 5.82 Å². The number of carboxylic acids is 1. The number of alkyl halides is 3. The second kappa shape index (κ2) is 10.1. The van der Waals surface area contributed by atoms with Crippen molar-refractivity contribution in [2.24, 2.45) is 5.92 Å². The number of carboxylic acid groups (broad SMARTS) is 1. The van der Waals surface area contributed by atoms with Crippen LogP contribution in [0.5, 0.6) is 0 Å². The number of carbonyl (C=O) groups is 2. The molecule has 0 unspecified atom stereocenters. The van der Waals surface area contributed by atoms with Gasteiger partial charge >= 0.3 is 12.1 Å². The molecule has 13 heteroatoms. The number of likely N-dealkylation sites (tertiary alicyclic amines) is 1. The Hall–Kier alpha value is -2.80. The molecular formula is C25H30F3N5O4S. The van der Waals surface area contributed by atoms with Crippen molar-refractivity contribution in [2.75, 3.05) is 19.6 Å². The molecule has 3 aliphatic heterocycles. The number of hydrogen-bond acceptors (Lipinski definition) is 7. The molecule has 1 saturated carbocycles. The lowest BCUT2D eigenvalue weighted by atomic mass is 9.76. The molecule has 2 aromatic rings. The number of fused-ring (bicyclic) bond motifs is 4. The number of aliphatic carboxylic acids is 1. The zero-order valence-electron chi connectivity index (χ0n) is 21.1. The largest absolute Gasteiger partial charge is 0.490 e. The van der Waals surface area contributed by atoms with Crippen molar-refractivity contribution in [1.29, 1.82) is 0 Å². The predicted octanol–water partition coefficient (Wildman–Crippen LogP) is 2.87. The summed E-state index contributed by atoms with van der Waals surface area (Å²) in [5.74, 6) is -1.31. The van der Waals surface area contributed by atoms with Gasteiger partial charge in [-0.05, 0) is 52.1 Å².